The number of urea groups is 1. The molecule has 0 radical (unpaired) electrons. The Morgan fingerprint density at radius 2 is 1.58 bits per heavy atom. The van der Waals surface area contributed by atoms with Crippen LogP contribution in [0.5, 0.6) is 5.75 Å². The van der Waals surface area contributed by atoms with Crippen molar-refractivity contribution < 1.29 is 19.1 Å². The van der Waals surface area contributed by atoms with Gasteiger partial charge in [0.15, 0.2) is 0 Å². The molecule has 0 saturated heterocycles. The molecule has 2 amide bonds. The molecule has 6 nitrogen and oxygen atoms in total. The summed E-state index contributed by atoms with van der Waals surface area (Å²) in [6.45, 7) is 6.86. The summed E-state index contributed by atoms with van der Waals surface area (Å²) in [6, 6.07) is 13.5. The zero-order chi connectivity index (χ0) is 19.2. The Morgan fingerprint density at radius 3 is 2.12 bits per heavy atom. The van der Waals surface area contributed by atoms with E-state index in [9.17, 15) is 9.59 Å². The van der Waals surface area contributed by atoms with Crippen LogP contribution in [-0.2, 0) is 10.2 Å². The highest BCUT2D eigenvalue weighted by molar-refractivity contribution is 5.91. The van der Waals surface area contributed by atoms with Gasteiger partial charge in [0.1, 0.15) is 19.0 Å². The van der Waals surface area contributed by atoms with Crippen LogP contribution < -0.4 is 15.8 Å². The maximum Gasteiger partial charge on any atom is 0.338 e. The van der Waals surface area contributed by atoms with E-state index in [2.05, 4.69) is 26.1 Å². The fourth-order valence-corrected chi connectivity index (χ4v) is 2.26. The average molecular weight is 356 g/mol. The molecule has 0 aliphatic carbocycles. The van der Waals surface area contributed by atoms with Crippen molar-refractivity contribution in [1.29, 1.82) is 0 Å². The number of hydrogen-bond acceptors (Lipinski definition) is 4. The summed E-state index contributed by atoms with van der Waals surface area (Å²) in [7, 11) is 0. The molecule has 2 aromatic rings. The molecular weight excluding hydrogens is 332 g/mol. The van der Waals surface area contributed by atoms with Gasteiger partial charge < -0.3 is 20.5 Å². The smallest absolute Gasteiger partial charge is 0.338 e. The van der Waals surface area contributed by atoms with Crippen molar-refractivity contribution in [3.63, 3.8) is 0 Å². The second kappa shape index (κ2) is 8.38. The van der Waals surface area contributed by atoms with E-state index in [0.29, 0.717) is 11.3 Å². The lowest BCUT2D eigenvalue weighted by molar-refractivity contribution is 0.0450. The Balaban J connectivity index is 1.77. The third-order valence-corrected chi connectivity index (χ3v) is 3.69. The molecule has 6 heteroatoms. The van der Waals surface area contributed by atoms with E-state index >= 15 is 0 Å². The SMILES string of the molecule is CC(C)(C)c1ccc(OCCOC(=O)c2ccc(NC(N)=O)cc2)cc1. The number of anilines is 1. The van der Waals surface area contributed by atoms with E-state index in [0.717, 1.165) is 5.75 Å². The molecule has 2 aromatic carbocycles. The Labute approximate surface area is 153 Å². The minimum absolute atomic E-state index is 0.0938. The molecule has 26 heavy (non-hydrogen) atoms. The van der Waals surface area contributed by atoms with Crippen LogP contribution in [0.25, 0.3) is 0 Å². The Hall–Kier alpha value is -3.02. The number of primary amides is 1. The van der Waals surface area contributed by atoms with E-state index in [-0.39, 0.29) is 18.6 Å². The molecule has 3 N–H and O–H groups in total. The first-order chi connectivity index (χ1) is 12.3. The molecule has 0 aromatic heterocycles. The van der Waals surface area contributed by atoms with Crippen LogP contribution in [-0.4, -0.2) is 25.2 Å². The van der Waals surface area contributed by atoms with Gasteiger partial charge in [-0.2, -0.15) is 0 Å². The molecule has 0 bridgehead atoms. The van der Waals surface area contributed by atoms with Crippen molar-refractivity contribution >= 4 is 17.7 Å². The van der Waals surface area contributed by atoms with Gasteiger partial charge in [-0.05, 0) is 47.4 Å². The number of carbonyl (C=O) groups is 2. The van der Waals surface area contributed by atoms with Gasteiger partial charge in [0, 0.05) is 5.69 Å². The molecular formula is C20H24N2O4. The molecule has 0 aliphatic heterocycles. The zero-order valence-corrected chi connectivity index (χ0v) is 15.2. The molecule has 0 saturated carbocycles. The predicted molar refractivity (Wildman–Crippen MR) is 101 cm³/mol. The van der Waals surface area contributed by atoms with Gasteiger partial charge >= 0.3 is 12.0 Å². The number of hydrogen-bond donors (Lipinski definition) is 2. The van der Waals surface area contributed by atoms with Gasteiger partial charge in [0.25, 0.3) is 0 Å². The van der Waals surface area contributed by atoms with Crippen molar-refractivity contribution in [3.05, 3.63) is 59.7 Å². The quantitative estimate of drug-likeness (QED) is 0.610. The van der Waals surface area contributed by atoms with E-state index < -0.39 is 12.0 Å². The summed E-state index contributed by atoms with van der Waals surface area (Å²) < 4.78 is 10.8. The Morgan fingerprint density at radius 1 is 0.962 bits per heavy atom. The number of rotatable bonds is 6. The van der Waals surface area contributed by atoms with E-state index in [1.807, 2.05) is 24.3 Å². The number of benzene rings is 2. The third kappa shape index (κ3) is 5.81. The molecule has 2 rings (SSSR count). The number of carbonyl (C=O) groups excluding carboxylic acids is 2. The normalized spacial score (nSPS) is 10.9. The number of ether oxygens (including phenoxy) is 2. The highest BCUT2D eigenvalue weighted by Crippen LogP contribution is 2.24. The topological polar surface area (TPSA) is 90.7 Å². The minimum Gasteiger partial charge on any atom is -0.490 e. The van der Waals surface area contributed by atoms with Crippen molar-refractivity contribution in [2.24, 2.45) is 5.73 Å². The monoisotopic (exact) mass is 356 g/mol. The lowest BCUT2D eigenvalue weighted by atomic mass is 9.87. The van der Waals surface area contributed by atoms with Crippen molar-refractivity contribution in [3.8, 4) is 5.75 Å². The number of esters is 1. The van der Waals surface area contributed by atoms with Crippen molar-refractivity contribution in [2.75, 3.05) is 18.5 Å². The molecule has 0 aliphatic rings. The maximum absolute atomic E-state index is 12.0. The second-order valence-corrected chi connectivity index (χ2v) is 6.83. The van der Waals surface area contributed by atoms with E-state index in [4.69, 9.17) is 15.2 Å². The lowest BCUT2D eigenvalue weighted by Crippen LogP contribution is -2.19. The Kier molecular flexibility index (Phi) is 6.22. The zero-order valence-electron chi connectivity index (χ0n) is 15.2. The van der Waals surface area contributed by atoms with E-state index in [1.54, 1.807) is 24.3 Å². The molecule has 0 spiro atoms. The summed E-state index contributed by atoms with van der Waals surface area (Å²) >= 11 is 0. The highest BCUT2D eigenvalue weighted by atomic mass is 16.6. The van der Waals surface area contributed by atoms with Crippen LogP contribution >= 0.6 is 0 Å². The largest absolute Gasteiger partial charge is 0.490 e. The number of nitrogens with one attached hydrogen (secondary N) is 1. The van der Waals surface area contributed by atoms with Crippen LogP contribution in [0.2, 0.25) is 0 Å². The predicted octanol–water partition coefficient (Wildman–Crippen LogP) is 3.71. The Bertz CT molecular complexity index is 747. The summed E-state index contributed by atoms with van der Waals surface area (Å²) in [5.41, 5.74) is 7.24. The molecule has 0 fully saturated rings. The van der Waals surface area contributed by atoms with Gasteiger partial charge in [-0.1, -0.05) is 32.9 Å². The third-order valence-electron chi connectivity index (χ3n) is 3.69. The van der Waals surface area contributed by atoms with Gasteiger partial charge in [-0.15, -0.1) is 0 Å². The van der Waals surface area contributed by atoms with E-state index in [1.165, 1.54) is 5.56 Å². The van der Waals surface area contributed by atoms with Crippen molar-refractivity contribution in [1.82, 2.24) is 0 Å². The van der Waals surface area contributed by atoms with Gasteiger partial charge in [0.05, 0.1) is 5.56 Å². The van der Waals surface area contributed by atoms with Gasteiger partial charge in [-0.25, -0.2) is 9.59 Å². The summed E-state index contributed by atoms with van der Waals surface area (Å²) in [6.07, 6.45) is 0. The molecule has 0 atom stereocenters. The summed E-state index contributed by atoms with van der Waals surface area (Å²) in [4.78, 5) is 22.7. The molecule has 0 unspecified atom stereocenters. The fourth-order valence-electron chi connectivity index (χ4n) is 2.26. The van der Waals surface area contributed by atoms with Crippen LogP contribution in [0.15, 0.2) is 48.5 Å². The lowest BCUT2D eigenvalue weighted by Gasteiger charge is -2.19. The van der Waals surface area contributed by atoms with Crippen molar-refractivity contribution in [2.45, 2.75) is 26.2 Å². The minimum atomic E-state index is -0.659. The number of nitrogens with two attached hydrogens (primary N) is 1. The second-order valence-electron chi connectivity index (χ2n) is 6.83. The summed E-state index contributed by atoms with van der Waals surface area (Å²) in [5, 5.41) is 2.42. The average Bonchev–Trinajstić information content (AvgIpc) is 2.58. The van der Waals surface area contributed by atoms with Crippen LogP contribution in [0.4, 0.5) is 10.5 Å². The first-order valence-electron chi connectivity index (χ1n) is 8.33. The van der Waals surface area contributed by atoms with Crippen LogP contribution in [0.1, 0.15) is 36.7 Å². The van der Waals surface area contributed by atoms with Crippen LogP contribution in [0, 0.1) is 0 Å². The molecule has 138 valence electrons. The first-order valence-corrected chi connectivity index (χ1v) is 8.33. The van der Waals surface area contributed by atoms with Crippen LogP contribution in [0.3, 0.4) is 0 Å². The summed E-state index contributed by atoms with van der Waals surface area (Å²) in [5.74, 6) is 0.276. The first kappa shape index (κ1) is 19.3. The standard InChI is InChI=1S/C20H24N2O4/c1-20(2,3)15-6-10-17(11-7-15)25-12-13-26-18(23)14-4-8-16(9-5-14)22-19(21)24/h4-11H,12-13H2,1-3H3,(H3,21,22,24). The van der Waals surface area contributed by atoms with Gasteiger partial charge in [-0.3, -0.25) is 0 Å². The maximum atomic E-state index is 12.0. The number of amides is 2. The van der Waals surface area contributed by atoms with Gasteiger partial charge in [0.2, 0.25) is 0 Å². The fraction of sp³-hybridized carbons (Fsp3) is 0.300. The highest BCUT2D eigenvalue weighted by Gasteiger charge is 2.13. The molecule has 0 heterocycles.